The van der Waals surface area contributed by atoms with Gasteiger partial charge in [-0.05, 0) is 33.2 Å². The molecule has 0 spiro atoms. The molecule has 0 unspecified atom stereocenters. The lowest BCUT2D eigenvalue weighted by Gasteiger charge is -2.21. The molecule has 0 amide bonds. The molecule has 0 saturated heterocycles. The summed E-state index contributed by atoms with van der Waals surface area (Å²) in [6.07, 6.45) is 6.60. The maximum absolute atomic E-state index is 4.76. The van der Waals surface area contributed by atoms with E-state index in [2.05, 4.69) is 26.1 Å². The Bertz CT molecular complexity index is 372. The second-order valence-electron chi connectivity index (χ2n) is 5.35. The van der Waals surface area contributed by atoms with Crippen molar-refractivity contribution in [2.75, 3.05) is 6.54 Å². The summed E-state index contributed by atoms with van der Waals surface area (Å²) in [6.45, 7) is 8.24. The largest absolute Gasteiger partial charge is 0.313 e. The van der Waals surface area contributed by atoms with E-state index in [0.29, 0.717) is 5.92 Å². The zero-order valence-electron chi connectivity index (χ0n) is 11.9. The predicted molar refractivity (Wildman–Crippen MR) is 74.7 cm³/mol. The van der Waals surface area contributed by atoms with E-state index >= 15 is 0 Å². The molecule has 1 aliphatic rings. The first-order chi connectivity index (χ1) is 8.72. The van der Waals surface area contributed by atoms with E-state index in [0.717, 1.165) is 30.3 Å². The highest BCUT2D eigenvalue weighted by atomic mass is 14.9. The Balaban J connectivity index is 2.18. The van der Waals surface area contributed by atoms with Gasteiger partial charge in [0.15, 0.2) is 0 Å². The van der Waals surface area contributed by atoms with Crippen molar-refractivity contribution in [3.8, 4) is 0 Å². The van der Waals surface area contributed by atoms with Gasteiger partial charge in [0.1, 0.15) is 5.82 Å². The summed E-state index contributed by atoms with van der Waals surface area (Å²) in [7, 11) is 0. The Labute approximate surface area is 110 Å². The van der Waals surface area contributed by atoms with Crippen molar-refractivity contribution < 1.29 is 0 Å². The van der Waals surface area contributed by atoms with E-state index in [1.54, 1.807) is 0 Å². The lowest BCUT2D eigenvalue weighted by atomic mass is 9.88. The SMILES string of the molecule is CCNCc1c(C)nc(C2CCCCC2)nc1C. The first kappa shape index (κ1) is 13.5. The van der Waals surface area contributed by atoms with E-state index < -0.39 is 0 Å². The topological polar surface area (TPSA) is 37.8 Å². The fourth-order valence-electron chi connectivity index (χ4n) is 2.81. The molecule has 1 saturated carbocycles. The van der Waals surface area contributed by atoms with Crippen molar-refractivity contribution in [1.29, 1.82) is 0 Å². The van der Waals surface area contributed by atoms with Crippen LogP contribution in [0.3, 0.4) is 0 Å². The van der Waals surface area contributed by atoms with Gasteiger partial charge in [-0.2, -0.15) is 0 Å². The standard InChI is InChI=1S/C15H25N3/c1-4-16-10-14-11(2)17-15(18-12(14)3)13-8-6-5-7-9-13/h13,16H,4-10H2,1-3H3. The smallest absolute Gasteiger partial charge is 0.131 e. The van der Waals surface area contributed by atoms with Gasteiger partial charge in [-0.15, -0.1) is 0 Å². The number of hydrogen-bond donors (Lipinski definition) is 1. The molecular formula is C15H25N3. The number of aryl methyl sites for hydroxylation is 2. The number of aromatic nitrogens is 2. The number of rotatable bonds is 4. The summed E-state index contributed by atoms with van der Waals surface area (Å²) >= 11 is 0. The zero-order chi connectivity index (χ0) is 13.0. The number of nitrogens with one attached hydrogen (secondary N) is 1. The Morgan fingerprint density at radius 1 is 1.06 bits per heavy atom. The maximum Gasteiger partial charge on any atom is 0.131 e. The van der Waals surface area contributed by atoms with Gasteiger partial charge in [0, 0.05) is 29.4 Å². The molecule has 0 bridgehead atoms. The molecule has 3 nitrogen and oxygen atoms in total. The zero-order valence-corrected chi connectivity index (χ0v) is 11.9. The minimum atomic E-state index is 0.601. The van der Waals surface area contributed by atoms with Gasteiger partial charge >= 0.3 is 0 Å². The summed E-state index contributed by atoms with van der Waals surface area (Å²) in [4.78, 5) is 9.52. The van der Waals surface area contributed by atoms with E-state index in [1.807, 2.05) is 0 Å². The third kappa shape index (κ3) is 3.08. The molecule has 1 heterocycles. The van der Waals surface area contributed by atoms with Crippen LogP contribution >= 0.6 is 0 Å². The minimum Gasteiger partial charge on any atom is -0.313 e. The van der Waals surface area contributed by atoms with Gasteiger partial charge < -0.3 is 5.32 Å². The normalized spacial score (nSPS) is 17.1. The van der Waals surface area contributed by atoms with Crippen LogP contribution in [0.25, 0.3) is 0 Å². The van der Waals surface area contributed by atoms with Gasteiger partial charge in [-0.1, -0.05) is 26.2 Å². The monoisotopic (exact) mass is 247 g/mol. The van der Waals surface area contributed by atoms with E-state index in [1.165, 1.54) is 37.7 Å². The number of nitrogens with zero attached hydrogens (tertiary/aromatic N) is 2. The molecule has 3 heteroatoms. The Morgan fingerprint density at radius 2 is 1.67 bits per heavy atom. The molecule has 1 fully saturated rings. The molecule has 1 aromatic rings. The highest BCUT2D eigenvalue weighted by Crippen LogP contribution is 2.31. The lowest BCUT2D eigenvalue weighted by Crippen LogP contribution is -2.17. The van der Waals surface area contributed by atoms with Crippen molar-refractivity contribution in [3.05, 3.63) is 22.8 Å². The van der Waals surface area contributed by atoms with Crippen LogP contribution in [0.5, 0.6) is 0 Å². The van der Waals surface area contributed by atoms with E-state index in [4.69, 9.17) is 9.97 Å². The molecule has 0 radical (unpaired) electrons. The maximum atomic E-state index is 4.76. The molecule has 18 heavy (non-hydrogen) atoms. The van der Waals surface area contributed by atoms with Crippen LogP contribution in [0, 0.1) is 13.8 Å². The summed E-state index contributed by atoms with van der Waals surface area (Å²) in [5.41, 5.74) is 3.59. The van der Waals surface area contributed by atoms with Gasteiger partial charge in [0.05, 0.1) is 0 Å². The minimum absolute atomic E-state index is 0.601. The lowest BCUT2D eigenvalue weighted by molar-refractivity contribution is 0.427. The second kappa shape index (κ2) is 6.28. The van der Waals surface area contributed by atoms with E-state index in [-0.39, 0.29) is 0 Å². The fourth-order valence-corrected chi connectivity index (χ4v) is 2.81. The van der Waals surface area contributed by atoms with Crippen molar-refractivity contribution in [2.24, 2.45) is 0 Å². The van der Waals surface area contributed by atoms with Crippen LogP contribution in [0.1, 0.15) is 67.7 Å². The molecule has 2 rings (SSSR count). The third-order valence-electron chi connectivity index (χ3n) is 3.96. The van der Waals surface area contributed by atoms with Gasteiger partial charge in [0.25, 0.3) is 0 Å². The first-order valence-electron chi connectivity index (χ1n) is 7.27. The fraction of sp³-hybridized carbons (Fsp3) is 0.733. The molecule has 1 aliphatic carbocycles. The summed E-state index contributed by atoms with van der Waals surface area (Å²) in [5.74, 6) is 1.69. The van der Waals surface area contributed by atoms with Gasteiger partial charge in [-0.3, -0.25) is 0 Å². The van der Waals surface area contributed by atoms with Crippen LogP contribution in [-0.2, 0) is 6.54 Å². The first-order valence-corrected chi connectivity index (χ1v) is 7.27. The summed E-state index contributed by atoms with van der Waals surface area (Å²) in [5, 5.41) is 3.37. The van der Waals surface area contributed by atoms with E-state index in [9.17, 15) is 0 Å². The average Bonchev–Trinajstić information content (AvgIpc) is 2.39. The Morgan fingerprint density at radius 3 is 2.22 bits per heavy atom. The van der Waals surface area contributed by atoms with Gasteiger partial charge in [-0.25, -0.2) is 9.97 Å². The van der Waals surface area contributed by atoms with Crippen molar-refractivity contribution in [1.82, 2.24) is 15.3 Å². The second-order valence-corrected chi connectivity index (χ2v) is 5.35. The molecule has 100 valence electrons. The Kier molecular flexibility index (Phi) is 4.70. The predicted octanol–water partition coefficient (Wildman–Crippen LogP) is 3.25. The van der Waals surface area contributed by atoms with Crippen LogP contribution in [0.4, 0.5) is 0 Å². The van der Waals surface area contributed by atoms with Gasteiger partial charge in [0.2, 0.25) is 0 Å². The third-order valence-corrected chi connectivity index (χ3v) is 3.96. The molecule has 0 aliphatic heterocycles. The van der Waals surface area contributed by atoms with Crippen LogP contribution in [0.2, 0.25) is 0 Å². The average molecular weight is 247 g/mol. The highest BCUT2D eigenvalue weighted by Gasteiger charge is 2.19. The van der Waals surface area contributed by atoms with Crippen LogP contribution in [-0.4, -0.2) is 16.5 Å². The summed E-state index contributed by atoms with van der Waals surface area (Å²) in [6, 6.07) is 0. The van der Waals surface area contributed by atoms with Crippen molar-refractivity contribution >= 4 is 0 Å². The molecule has 0 aromatic carbocycles. The van der Waals surface area contributed by atoms with Crippen molar-refractivity contribution in [2.45, 2.75) is 65.3 Å². The van der Waals surface area contributed by atoms with Crippen molar-refractivity contribution in [3.63, 3.8) is 0 Å². The number of hydrogen-bond acceptors (Lipinski definition) is 3. The van der Waals surface area contributed by atoms with Crippen LogP contribution < -0.4 is 5.32 Å². The summed E-state index contributed by atoms with van der Waals surface area (Å²) < 4.78 is 0. The molecule has 1 aromatic heterocycles. The molecule has 0 atom stereocenters. The molecule has 1 N–H and O–H groups in total. The Hall–Kier alpha value is -0.960. The molecular weight excluding hydrogens is 222 g/mol. The quantitative estimate of drug-likeness (QED) is 0.887. The van der Waals surface area contributed by atoms with Crippen LogP contribution in [0.15, 0.2) is 0 Å². The highest BCUT2D eigenvalue weighted by molar-refractivity contribution is 5.25.